The number of alkyl halides is 3. The number of hydrogen-bond donors (Lipinski definition) is 1. The number of hydrogen-bond acceptors (Lipinski definition) is 2. The maximum Gasteiger partial charge on any atom is 0.409 e. The average molecular weight is 322 g/mol. The summed E-state index contributed by atoms with van der Waals surface area (Å²) in [5.74, 6) is -0.381. The lowest BCUT2D eigenvalue weighted by molar-refractivity contribution is -0.190. The topological polar surface area (TPSA) is 32.3 Å². The molecule has 0 aromatic heterocycles. The van der Waals surface area contributed by atoms with Crippen LogP contribution in [0.3, 0.4) is 0 Å². The second-order valence-electron chi connectivity index (χ2n) is 5.64. The zero-order valence-electron chi connectivity index (χ0n) is 12.7. The highest BCUT2D eigenvalue weighted by molar-refractivity contribution is 5.89. The molecule has 1 aliphatic heterocycles. The Hall–Kier alpha value is -2.08. The summed E-state index contributed by atoms with van der Waals surface area (Å²) in [7, 11) is 0. The molecule has 0 radical (unpaired) electrons. The molecule has 0 unspecified atom stereocenters. The lowest BCUT2D eigenvalue weighted by Crippen LogP contribution is -2.43. The number of halogens is 3. The van der Waals surface area contributed by atoms with Crippen molar-refractivity contribution in [2.75, 3.05) is 6.54 Å². The lowest BCUT2D eigenvalue weighted by Gasteiger charge is -2.30. The number of amides is 1. The highest BCUT2D eigenvalue weighted by atomic mass is 19.4. The van der Waals surface area contributed by atoms with Gasteiger partial charge in [-0.05, 0) is 28.3 Å². The van der Waals surface area contributed by atoms with Gasteiger partial charge in [-0.2, -0.15) is 13.2 Å². The van der Waals surface area contributed by atoms with Crippen LogP contribution in [0.25, 0.3) is 10.8 Å². The molecule has 1 saturated heterocycles. The summed E-state index contributed by atoms with van der Waals surface area (Å²) in [5, 5.41) is 2.40. The smallest absolute Gasteiger partial charge is 0.288 e. The largest absolute Gasteiger partial charge is 0.409 e. The fourth-order valence-corrected chi connectivity index (χ4v) is 3.15. The second kappa shape index (κ2) is 5.85. The molecule has 1 N–H and O–H groups in total. The van der Waals surface area contributed by atoms with Crippen molar-refractivity contribution in [3.05, 3.63) is 47.5 Å². The lowest BCUT2D eigenvalue weighted by atomic mass is 9.94. The molecule has 1 heterocycles. The van der Waals surface area contributed by atoms with E-state index in [1.54, 1.807) is 18.2 Å². The van der Waals surface area contributed by atoms with Gasteiger partial charge in [0.25, 0.3) is 0 Å². The summed E-state index contributed by atoms with van der Waals surface area (Å²) in [4.78, 5) is 11.4. The van der Waals surface area contributed by atoms with Crippen molar-refractivity contribution in [2.24, 2.45) is 0 Å². The molecule has 0 spiro atoms. The number of rotatable bonds is 3. The highest BCUT2D eigenvalue weighted by Gasteiger charge is 2.47. The number of fused-ring (bicyclic) bond motifs is 1. The third-order valence-electron chi connectivity index (χ3n) is 4.19. The van der Waals surface area contributed by atoms with Crippen LogP contribution in [0.4, 0.5) is 13.2 Å². The molecule has 0 saturated carbocycles. The molecule has 1 amide bonds. The van der Waals surface area contributed by atoms with E-state index in [9.17, 15) is 18.0 Å². The van der Waals surface area contributed by atoms with Crippen LogP contribution in [0.1, 0.15) is 30.5 Å². The number of carbonyl (C=O) groups is 1. The standard InChI is InChI=1S/C17H17F3N2O/c1-2-11-5-3-7-13-12(11)6-4-8-14(13)16(17(18,19)20)22-10-9-15(23)21-22/h3-8,16H,2,9-10H2,1H3,(H,21,23)/t16-/m0/s1. The summed E-state index contributed by atoms with van der Waals surface area (Å²) < 4.78 is 41.1. The number of carbonyl (C=O) groups excluding carboxylic acids is 1. The number of nitrogens with zero attached hydrogens (tertiary/aromatic N) is 1. The Morgan fingerprint density at radius 2 is 1.87 bits per heavy atom. The van der Waals surface area contributed by atoms with Crippen LogP contribution in [0.15, 0.2) is 36.4 Å². The van der Waals surface area contributed by atoms with Gasteiger partial charge in [0.15, 0.2) is 6.04 Å². The van der Waals surface area contributed by atoms with Crippen molar-refractivity contribution in [1.82, 2.24) is 10.4 Å². The van der Waals surface area contributed by atoms with E-state index in [2.05, 4.69) is 5.43 Å². The molecule has 0 aliphatic carbocycles. The van der Waals surface area contributed by atoms with Gasteiger partial charge in [-0.3, -0.25) is 10.2 Å². The minimum atomic E-state index is -4.48. The van der Waals surface area contributed by atoms with Gasteiger partial charge in [0.05, 0.1) is 0 Å². The highest BCUT2D eigenvalue weighted by Crippen LogP contribution is 2.41. The minimum absolute atomic E-state index is 0.0485. The predicted molar refractivity (Wildman–Crippen MR) is 81.6 cm³/mol. The molecule has 1 aliphatic rings. The normalized spacial score (nSPS) is 17.5. The Bertz CT molecular complexity index is 742. The quantitative estimate of drug-likeness (QED) is 0.933. The molecule has 3 nitrogen and oxygen atoms in total. The average Bonchev–Trinajstić information content (AvgIpc) is 2.91. The van der Waals surface area contributed by atoms with E-state index >= 15 is 0 Å². The van der Waals surface area contributed by atoms with Crippen LogP contribution in [0.5, 0.6) is 0 Å². The first kappa shape index (κ1) is 15.8. The van der Waals surface area contributed by atoms with Crippen LogP contribution >= 0.6 is 0 Å². The first-order valence-corrected chi connectivity index (χ1v) is 7.55. The van der Waals surface area contributed by atoms with Gasteiger partial charge in [-0.25, -0.2) is 5.01 Å². The summed E-state index contributed by atoms with van der Waals surface area (Å²) >= 11 is 0. The van der Waals surface area contributed by atoms with Gasteiger partial charge in [0.2, 0.25) is 5.91 Å². The molecule has 2 aromatic rings. The van der Waals surface area contributed by atoms with E-state index in [1.807, 2.05) is 19.1 Å². The molecule has 0 bridgehead atoms. The maximum atomic E-state index is 13.7. The van der Waals surface area contributed by atoms with E-state index in [0.717, 1.165) is 22.4 Å². The van der Waals surface area contributed by atoms with Crippen LogP contribution in [0.2, 0.25) is 0 Å². The Kier molecular flexibility index (Phi) is 4.02. The van der Waals surface area contributed by atoms with E-state index in [4.69, 9.17) is 0 Å². The Morgan fingerprint density at radius 3 is 2.48 bits per heavy atom. The van der Waals surface area contributed by atoms with E-state index in [-0.39, 0.29) is 24.4 Å². The second-order valence-corrected chi connectivity index (χ2v) is 5.64. The Labute approximate surface area is 132 Å². The van der Waals surface area contributed by atoms with Crippen LogP contribution in [0, 0.1) is 0 Å². The third-order valence-corrected chi connectivity index (χ3v) is 4.19. The first-order valence-electron chi connectivity index (χ1n) is 7.55. The van der Waals surface area contributed by atoms with Gasteiger partial charge < -0.3 is 0 Å². The van der Waals surface area contributed by atoms with E-state index < -0.39 is 12.2 Å². The summed E-state index contributed by atoms with van der Waals surface area (Å²) in [6.07, 6.45) is -3.65. The number of nitrogens with one attached hydrogen (secondary N) is 1. The number of hydrazine groups is 1. The van der Waals surface area contributed by atoms with Crippen molar-refractivity contribution in [3.8, 4) is 0 Å². The Balaban J connectivity index is 2.17. The Morgan fingerprint density at radius 1 is 1.17 bits per heavy atom. The van der Waals surface area contributed by atoms with Crippen LogP contribution in [-0.4, -0.2) is 23.6 Å². The zero-order chi connectivity index (χ0) is 16.6. The summed E-state index contributed by atoms with van der Waals surface area (Å²) in [5.41, 5.74) is 3.51. The summed E-state index contributed by atoms with van der Waals surface area (Å²) in [6, 6.07) is 8.55. The number of benzene rings is 2. The summed E-state index contributed by atoms with van der Waals surface area (Å²) in [6.45, 7) is 2.02. The van der Waals surface area contributed by atoms with Gasteiger partial charge in [0, 0.05) is 13.0 Å². The fraction of sp³-hybridized carbons (Fsp3) is 0.353. The minimum Gasteiger partial charge on any atom is -0.288 e. The molecule has 122 valence electrons. The molecule has 6 heteroatoms. The first-order chi connectivity index (χ1) is 10.9. The molecular formula is C17H17F3N2O. The fourth-order valence-electron chi connectivity index (χ4n) is 3.15. The molecule has 3 rings (SSSR count). The van der Waals surface area contributed by atoms with Crippen molar-refractivity contribution >= 4 is 16.7 Å². The van der Waals surface area contributed by atoms with Crippen molar-refractivity contribution in [2.45, 2.75) is 32.0 Å². The number of aryl methyl sites for hydroxylation is 1. The predicted octanol–water partition coefficient (Wildman–Crippen LogP) is 3.74. The molecule has 1 fully saturated rings. The monoisotopic (exact) mass is 322 g/mol. The van der Waals surface area contributed by atoms with Gasteiger partial charge >= 0.3 is 6.18 Å². The van der Waals surface area contributed by atoms with E-state index in [1.165, 1.54) is 6.07 Å². The van der Waals surface area contributed by atoms with Crippen molar-refractivity contribution in [1.29, 1.82) is 0 Å². The SMILES string of the molecule is CCc1cccc2c([C@H](N3CCC(=O)N3)C(F)(F)F)cccc12. The van der Waals surface area contributed by atoms with Gasteiger partial charge in [-0.1, -0.05) is 43.3 Å². The van der Waals surface area contributed by atoms with Gasteiger partial charge in [0.1, 0.15) is 0 Å². The van der Waals surface area contributed by atoms with E-state index in [0.29, 0.717) is 5.39 Å². The van der Waals surface area contributed by atoms with Crippen molar-refractivity contribution in [3.63, 3.8) is 0 Å². The molecule has 23 heavy (non-hydrogen) atoms. The van der Waals surface area contributed by atoms with Crippen molar-refractivity contribution < 1.29 is 18.0 Å². The molecular weight excluding hydrogens is 305 g/mol. The molecule has 1 atom stereocenters. The van der Waals surface area contributed by atoms with Gasteiger partial charge in [-0.15, -0.1) is 0 Å². The van der Waals surface area contributed by atoms with Crippen LogP contribution in [-0.2, 0) is 11.2 Å². The zero-order valence-corrected chi connectivity index (χ0v) is 12.7. The molecule has 2 aromatic carbocycles. The van der Waals surface area contributed by atoms with Crippen LogP contribution < -0.4 is 5.43 Å². The third kappa shape index (κ3) is 2.91. The maximum absolute atomic E-state index is 13.7.